The summed E-state index contributed by atoms with van der Waals surface area (Å²) in [6.07, 6.45) is 0. The van der Waals surface area contributed by atoms with Gasteiger partial charge in [-0.15, -0.1) is 0 Å². The highest BCUT2D eigenvalue weighted by Gasteiger charge is 2.52. The molecule has 4 aliphatic rings. The van der Waals surface area contributed by atoms with Crippen LogP contribution in [0.1, 0.15) is 44.5 Å². The molecule has 0 atom stereocenters. The summed E-state index contributed by atoms with van der Waals surface area (Å²) in [5.41, 5.74) is 20.8. The number of rotatable bonds is 4. The Balaban J connectivity index is 0.964. The van der Waals surface area contributed by atoms with Crippen LogP contribution in [0.4, 0.5) is 17.1 Å². The van der Waals surface area contributed by atoms with Crippen molar-refractivity contribution in [2.45, 2.75) is 30.4 Å². The van der Waals surface area contributed by atoms with Gasteiger partial charge in [-0.05, 0) is 149 Å². The summed E-state index contributed by atoms with van der Waals surface area (Å²) in [7, 11) is 0. The third kappa shape index (κ3) is 5.35. The Morgan fingerprint density at radius 3 is 1.12 bits per heavy atom. The molecule has 2 heterocycles. The van der Waals surface area contributed by atoms with E-state index >= 15 is 0 Å². The SMILES string of the molecule is c1ccc2c(c1)Sc1ccccc1C21c2ccccc2-c2cc(N(c3ccc(-c4cccc5ccccc45)cc3)c3ccc4c(c3)-c3ccccc3C43c4ccccc4Sc4ccccc43)ccc21. The van der Waals surface area contributed by atoms with E-state index in [1.807, 2.05) is 23.5 Å². The number of fused-ring (bicyclic) bond motifs is 19. The average Bonchev–Trinajstić information content (AvgIpc) is 3.86. The topological polar surface area (TPSA) is 3.24 Å². The van der Waals surface area contributed by atoms with Gasteiger partial charge in [0.25, 0.3) is 0 Å². The van der Waals surface area contributed by atoms with Crippen molar-refractivity contribution in [3.63, 3.8) is 0 Å². The van der Waals surface area contributed by atoms with Crippen molar-refractivity contribution in [1.82, 2.24) is 0 Å². The molecule has 0 N–H and O–H groups in total. The molecule has 2 aliphatic heterocycles. The predicted octanol–water partition coefficient (Wildman–Crippen LogP) is 17.6. The van der Waals surface area contributed by atoms with E-state index in [-0.39, 0.29) is 0 Å². The lowest BCUT2D eigenvalue weighted by atomic mass is 9.67. The summed E-state index contributed by atoms with van der Waals surface area (Å²) < 4.78 is 0. The summed E-state index contributed by atoms with van der Waals surface area (Å²) in [4.78, 5) is 7.75. The second-order valence-corrected chi connectivity index (χ2v) is 20.8. The molecule has 0 amide bonds. The van der Waals surface area contributed by atoms with E-state index in [1.54, 1.807) is 0 Å². The maximum absolute atomic E-state index is 2.49. The van der Waals surface area contributed by atoms with Crippen molar-refractivity contribution in [2.75, 3.05) is 4.90 Å². The van der Waals surface area contributed by atoms with Crippen LogP contribution in [0.3, 0.4) is 0 Å². The fraction of sp³-hybridized carbons (Fsp3) is 0.0303. The van der Waals surface area contributed by atoms with Crippen molar-refractivity contribution < 1.29 is 0 Å². The highest BCUT2D eigenvalue weighted by atomic mass is 32.2. The zero-order chi connectivity index (χ0) is 45.3. The molecule has 2 aliphatic carbocycles. The lowest BCUT2D eigenvalue weighted by molar-refractivity contribution is 0.722. The van der Waals surface area contributed by atoms with Crippen LogP contribution in [-0.2, 0) is 10.8 Å². The molecular formula is C66H41NS2. The first-order chi connectivity index (χ1) is 34.2. The quantitative estimate of drug-likeness (QED) is 0.173. The van der Waals surface area contributed by atoms with Gasteiger partial charge in [0.2, 0.25) is 0 Å². The second-order valence-electron chi connectivity index (χ2n) is 18.6. The molecule has 0 fully saturated rings. The van der Waals surface area contributed by atoms with Crippen molar-refractivity contribution in [2.24, 2.45) is 0 Å². The van der Waals surface area contributed by atoms with Gasteiger partial charge in [0.05, 0.1) is 10.8 Å². The Kier molecular flexibility index (Phi) is 8.43. The third-order valence-corrected chi connectivity index (χ3v) is 17.7. The number of nitrogens with zero attached hydrogens (tertiary/aromatic N) is 1. The van der Waals surface area contributed by atoms with Gasteiger partial charge in [-0.2, -0.15) is 0 Å². The molecule has 1 nitrogen and oxygen atoms in total. The average molecular weight is 912 g/mol. The highest BCUT2D eigenvalue weighted by Crippen LogP contribution is 2.65. The summed E-state index contributed by atoms with van der Waals surface area (Å²) in [6, 6.07) is 93.7. The second kappa shape index (κ2) is 14.8. The van der Waals surface area contributed by atoms with Crippen molar-refractivity contribution >= 4 is 51.4 Å². The first-order valence-corrected chi connectivity index (χ1v) is 25.5. The molecule has 2 spiro atoms. The summed E-state index contributed by atoms with van der Waals surface area (Å²) in [5, 5.41) is 2.51. The van der Waals surface area contributed by atoms with Gasteiger partial charge in [-0.25, -0.2) is 0 Å². The molecule has 11 aromatic rings. The Bertz CT molecular complexity index is 3650. The Morgan fingerprint density at radius 1 is 0.261 bits per heavy atom. The van der Waals surface area contributed by atoms with Crippen molar-refractivity contribution in [3.8, 4) is 33.4 Å². The summed E-state index contributed by atoms with van der Waals surface area (Å²) >= 11 is 3.78. The standard InChI is InChI=1S/C66H41NS2/c1-2-18-47-42(16-1)17-15-21-48(47)43-32-34-44(35-33-43)67(45-36-38-55-51(40-45)49-19-3-5-22-53(49)65(55)57-24-7-11-28-61(57)68-62-29-12-8-25-58(62)65)46-37-39-56-52(41-46)50-20-4-6-23-54(50)66(56)59-26-9-13-30-63(59)69-64-31-14-10-27-60(64)66/h1-41H. The van der Waals surface area contributed by atoms with Gasteiger partial charge in [0.15, 0.2) is 0 Å². The smallest absolute Gasteiger partial charge is 0.0735 e. The molecule has 69 heavy (non-hydrogen) atoms. The fourth-order valence-corrected chi connectivity index (χ4v) is 15.1. The zero-order valence-corrected chi connectivity index (χ0v) is 39.1. The zero-order valence-electron chi connectivity index (χ0n) is 37.4. The number of hydrogen-bond acceptors (Lipinski definition) is 3. The molecule has 0 unspecified atom stereocenters. The normalized spacial score (nSPS) is 14.5. The predicted molar refractivity (Wildman–Crippen MR) is 287 cm³/mol. The van der Waals surface area contributed by atoms with Crippen LogP contribution in [0.15, 0.2) is 268 Å². The van der Waals surface area contributed by atoms with Gasteiger partial charge >= 0.3 is 0 Å². The minimum Gasteiger partial charge on any atom is -0.310 e. The summed E-state index contributed by atoms with van der Waals surface area (Å²) in [6.45, 7) is 0. The first kappa shape index (κ1) is 39.2. The van der Waals surface area contributed by atoms with Crippen LogP contribution >= 0.6 is 23.5 Å². The minimum atomic E-state index is -0.440. The van der Waals surface area contributed by atoms with Gasteiger partial charge in [0, 0.05) is 36.6 Å². The van der Waals surface area contributed by atoms with Crippen molar-refractivity contribution in [1.29, 1.82) is 0 Å². The van der Waals surface area contributed by atoms with Gasteiger partial charge < -0.3 is 4.90 Å². The van der Waals surface area contributed by atoms with Gasteiger partial charge in [0.1, 0.15) is 0 Å². The number of benzene rings is 11. The molecule has 0 saturated carbocycles. The van der Waals surface area contributed by atoms with E-state index in [0.29, 0.717) is 0 Å². The number of anilines is 3. The molecule has 3 heteroatoms. The summed E-state index contributed by atoms with van der Waals surface area (Å²) in [5.74, 6) is 0. The van der Waals surface area contributed by atoms with Crippen LogP contribution in [0.2, 0.25) is 0 Å². The molecule has 0 aromatic heterocycles. The van der Waals surface area contributed by atoms with Crippen LogP contribution in [-0.4, -0.2) is 0 Å². The van der Waals surface area contributed by atoms with E-state index in [4.69, 9.17) is 0 Å². The first-order valence-electron chi connectivity index (χ1n) is 23.8. The molecule has 11 aromatic carbocycles. The lowest BCUT2D eigenvalue weighted by Gasteiger charge is -2.40. The van der Waals surface area contributed by atoms with Gasteiger partial charge in [-0.3, -0.25) is 0 Å². The Hall–Kier alpha value is -7.82. The van der Waals surface area contributed by atoms with Crippen LogP contribution in [0, 0.1) is 0 Å². The molecule has 0 bridgehead atoms. The Morgan fingerprint density at radius 2 is 0.623 bits per heavy atom. The molecule has 322 valence electrons. The third-order valence-electron chi connectivity index (χ3n) is 15.4. The van der Waals surface area contributed by atoms with E-state index in [1.165, 1.54) is 108 Å². The highest BCUT2D eigenvalue weighted by molar-refractivity contribution is 7.99. The van der Waals surface area contributed by atoms with Crippen LogP contribution < -0.4 is 4.90 Å². The minimum absolute atomic E-state index is 0.440. The maximum Gasteiger partial charge on any atom is 0.0735 e. The largest absolute Gasteiger partial charge is 0.310 e. The lowest BCUT2D eigenvalue weighted by Crippen LogP contribution is -2.32. The van der Waals surface area contributed by atoms with E-state index in [2.05, 4.69) is 254 Å². The van der Waals surface area contributed by atoms with E-state index < -0.39 is 10.8 Å². The Labute approximate surface area is 410 Å². The molecular weight excluding hydrogens is 871 g/mol. The van der Waals surface area contributed by atoms with E-state index in [9.17, 15) is 0 Å². The fourth-order valence-electron chi connectivity index (χ4n) is 12.7. The molecule has 0 saturated heterocycles. The molecule has 0 radical (unpaired) electrons. The van der Waals surface area contributed by atoms with Gasteiger partial charge in [-0.1, -0.05) is 212 Å². The van der Waals surface area contributed by atoms with Crippen LogP contribution in [0.5, 0.6) is 0 Å². The van der Waals surface area contributed by atoms with Crippen LogP contribution in [0.25, 0.3) is 44.2 Å². The van der Waals surface area contributed by atoms with E-state index in [0.717, 1.165) is 17.1 Å². The van der Waals surface area contributed by atoms with Crippen molar-refractivity contribution in [3.05, 3.63) is 293 Å². The maximum atomic E-state index is 2.49. The monoisotopic (exact) mass is 911 g/mol. The molecule has 15 rings (SSSR count). The number of hydrogen-bond donors (Lipinski definition) is 0.